The third-order valence-corrected chi connectivity index (χ3v) is 9.31. The lowest BCUT2D eigenvalue weighted by Crippen LogP contribution is -2.68. The highest BCUT2D eigenvalue weighted by atomic mass is 32.2. The van der Waals surface area contributed by atoms with Crippen LogP contribution in [0.15, 0.2) is 36.2 Å². The van der Waals surface area contributed by atoms with E-state index in [1.807, 2.05) is 52.0 Å². The number of thioether (sulfide) groups is 1. The molecule has 38 heavy (non-hydrogen) atoms. The zero-order valence-corrected chi connectivity index (χ0v) is 23.2. The van der Waals surface area contributed by atoms with Crippen LogP contribution in [0.4, 0.5) is 11.6 Å². The van der Waals surface area contributed by atoms with Crippen LogP contribution in [0.1, 0.15) is 26.3 Å². The minimum Gasteiger partial charge on any atom is -0.367 e. The Morgan fingerprint density at radius 2 is 2.08 bits per heavy atom. The topological polar surface area (TPSA) is 124 Å². The van der Waals surface area contributed by atoms with Crippen LogP contribution < -0.4 is 5.32 Å². The van der Waals surface area contributed by atoms with Gasteiger partial charge in [0.15, 0.2) is 5.06 Å². The summed E-state index contributed by atoms with van der Waals surface area (Å²) in [7, 11) is 2.10. The van der Waals surface area contributed by atoms with Crippen molar-refractivity contribution in [2.45, 2.75) is 36.9 Å². The Balaban J connectivity index is 1.27. The highest BCUT2D eigenvalue weighted by Crippen LogP contribution is 2.41. The molecule has 2 N–H and O–H groups in total. The molecule has 1 atom stereocenters. The number of nitriles is 1. The first kappa shape index (κ1) is 25.3. The maximum absolute atomic E-state index is 10.8. The first-order valence-electron chi connectivity index (χ1n) is 12.6. The molecular weight excluding hydrogens is 520 g/mol. The van der Waals surface area contributed by atoms with Crippen LogP contribution in [0.5, 0.6) is 0 Å². The Labute approximate surface area is 229 Å². The van der Waals surface area contributed by atoms with Crippen molar-refractivity contribution in [2.24, 2.45) is 0 Å². The number of aromatic nitrogens is 6. The van der Waals surface area contributed by atoms with Gasteiger partial charge in [0, 0.05) is 44.1 Å². The van der Waals surface area contributed by atoms with Gasteiger partial charge in [-0.15, -0.1) is 23.1 Å². The highest BCUT2D eigenvalue weighted by Gasteiger charge is 2.51. The molecule has 2 saturated heterocycles. The molecule has 4 aromatic heterocycles. The Hall–Kier alpha value is -3.02. The zero-order valence-electron chi connectivity index (χ0n) is 21.6. The number of anilines is 2. The summed E-state index contributed by atoms with van der Waals surface area (Å²) in [4.78, 5) is 13.8. The van der Waals surface area contributed by atoms with E-state index in [0.29, 0.717) is 31.5 Å². The van der Waals surface area contributed by atoms with Gasteiger partial charge in [-0.05, 0) is 31.2 Å². The summed E-state index contributed by atoms with van der Waals surface area (Å²) < 4.78 is 4.85. The molecule has 0 aliphatic carbocycles. The van der Waals surface area contributed by atoms with E-state index < -0.39 is 10.6 Å². The van der Waals surface area contributed by atoms with Crippen LogP contribution in [0.25, 0.3) is 21.5 Å². The smallest absolute Gasteiger partial charge is 0.228 e. The second-order valence-electron chi connectivity index (χ2n) is 10.2. The van der Waals surface area contributed by atoms with Gasteiger partial charge in [-0.2, -0.15) is 15.5 Å². The molecule has 0 radical (unpaired) electrons. The minimum atomic E-state index is -0.970. The van der Waals surface area contributed by atoms with Crippen molar-refractivity contribution in [3.8, 4) is 17.3 Å². The summed E-state index contributed by atoms with van der Waals surface area (Å²) in [6.07, 6.45) is 7.88. The number of nitrogens with zero attached hydrogens (tertiary/aromatic N) is 9. The fourth-order valence-corrected chi connectivity index (χ4v) is 6.89. The van der Waals surface area contributed by atoms with Crippen LogP contribution >= 0.6 is 23.1 Å². The van der Waals surface area contributed by atoms with Crippen molar-refractivity contribution in [3.05, 3.63) is 36.2 Å². The molecular formula is C25H30N10OS2. The van der Waals surface area contributed by atoms with Crippen molar-refractivity contribution in [2.75, 3.05) is 44.3 Å². The number of aliphatic hydroxyl groups is 1. The number of hydrogen-bond donors (Lipinski definition) is 2. The lowest BCUT2D eigenvalue weighted by atomic mass is 9.86. The predicted molar refractivity (Wildman–Crippen MR) is 149 cm³/mol. The normalized spacial score (nSPS) is 19.6. The molecule has 2 aliphatic heterocycles. The number of likely N-dealkylation sites (N-methyl/N-ethyl adjacent to an activating group) is 1. The average molecular weight is 551 g/mol. The van der Waals surface area contributed by atoms with E-state index in [1.54, 1.807) is 23.7 Å². The van der Waals surface area contributed by atoms with E-state index in [-0.39, 0.29) is 0 Å². The maximum atomic E-state index is 10.8. The van der Waals surface area contributed by atoms with Crippen LogP contribution in [0, 0.1) is 11.3 Å². The van der Waals surface area contributed by atoms with Gasteiger partial charge in [-0.3, -0.25) is 14.3 Å². The Morgan fingerprint density at radius 3 is 2.82 bits per heavy atom. The van der Waals surface area contributed by atoms with Gasteiger partial charge in [0.05, 0.1) is 52.5 Å². The van der Waals surface area contributed by atoms with Gasteiger partial charge in [0.25, 0.3) is 0 Å². The van der Waals surface area contributed by atoms with Crippen molar-refractivity contribution in [1.29, 1.82) is 5.26 Å². The maximum Gasteiger partial charge on any atom is 0.228 e. The third kappa shape index (κ3) is 4.46. The van der Waals surface area contributed by atoms with E-state index >= 15 is 0 Å². The third-order valence-electron chi connectivity index (χ3n) is 7.31. The summed E-state index contributed by atoms with van der Waals surface area (Å²) in [5, 5.41) is 34.0. The molecule has 13 heteroatoms. The average Bonchev–Trinajstić information content (AvgIpc) is 3.59. The number of thiophene rings is 1. The van der Waals surface area contributed by atoms with E-state index in [1.165, 1.54) is 11.8 Å². The van der Waals surface area contributed by atoms with Gasteiger partial charge in [0.2, 0.25) is 5.95 Å². The molecule has 0 spiro atoms. The van der Waals surface area contributed by atoms with E-state index in [0.717, 1.165) is 46.0 Å². The number of nitrogens with one attached hydrogen (secondary N) is 1. The fraction of sp³-hybridized carbons (Fsp3) is 0.480. The number of fused-ring (bicyclic) bond motifs is 1. The van der Waals surface area contributed by atoms with E-state index in [9.17, 15) is 10.4 Å². The number of rotatable bonds is 9. The number of likely N-dealkylation sites (tertiary alicyclic amines) is 2. The SMILES string of the molecule is CCSC(C)(O)N1CC(CC#N)(n2cc(-c3nc(Nc4cnn(C5CN(C)C5)c4)nc4ccsc34)cn2)C1. The molecule has 2 aliphatic rings. The Morgan fingerprint density at radius 1 is 1.26 bits per heavy atom. The van der Waals surface area contributed by atoms with Crippen molar-refractivity contribution in [1.82, 2.24) is 39.3 Å². The largest absolute Gasteiger partial charge is 0.367 e. The van der Waals surface area contributed by atoms with Gasteiger partial charge in [0.1, 0.15) is 5.54 Å². The zero-order chi connectivity index (χ0) is 26.5. The monoisotopic (exact) mass is 550 g/mol. The standard InChI is InChI=1S/C25H30N10OS2/c1-4-38-24(2,36)33-15-25(16-33,6-7-26)35-11-17(9-28-35)21-22-20(5-8-37-22)30-23(31-21)29-18-10-27-34(12-18)19-13-32(3)14-19/h5,8-12,19,36H,4,6,13-16H2,1-3H3,(H,29,30,31). The summed E-state index contributed by atoms with van der Waals surface area (Å²) >= 11 is 3.08. The second kappa shape index (κ2) is 9.62. The first-order valence-corrected chi connectivity index (χ1v) is 14.5. The Kier molecular flexibility index (Phi) is 6.40. The van der Waals surface area contributed by atoms with Crippen LogP contribution in [-0.2, 0) is 5.54 Å². The van der Waals surface area contributed by atoms with Crippen LogP contribution in [0.3, 0.4) is 0 Å². The number of hydrogen-bond acceptors (Lipinski definition) is 11. The molecule has 198 valence electrons. The predicted octanol–water partition coefficient (Wildman–Crippen LogP) is 3.33. The molecule has 4 aromatic rings. The van der Waals surface area contributed by atoms with Crippen LogP contribution in [-0.4, -0.2) is 88.5 Å². The molecule has 11 nitrogen and oxygen atoms in total. The van der Waals surface area contributed by atoms with Crippen molar-refractivity contribution < 1.29 is 5.11 Å². The molecule has 6 heterocycles. The summed E-state index contributed by atoms with van der Waals surface area (Å²) in [5.74, 6) is 1.30. The van der Waals surface area contributed by atoms with Gasteiger partial charge < -0.3 is 15.3 Å². The van der Waals surface area contributed by atoms with Gasteiger partial charge in [-0.25, -0.2) is 9.97 Å². The Bertz CT molecular complexity index is 1490. The molecule has 1 unspecified atom stereocenters. The molecule has 0 saturated carbocycles. The quantitative estimate of drug-likeness (QED) is 0.300. The van der Waals surface area contributed by atoms with Crippen LogP contribution in [0.2, 0.25) is 0 Å². The van der Waals surface area contributed by atoms with Gasteiger partial charge in [-0.1, -0.05) is 6.92 Å². The van der Waals surface area contributed by atoms with E-state index in [4.69, 9.17) is 9.97 Å². The van der Waals surface area contributed by atoms with E-state index in [2.05, 4.69) is 33.5 Å². The molecule has 0 amide bonds. The summed E-state index contributed by atoms with van der Waals surface area (Å²) in [5.41, 5.74) is 2.87. The second-order valence-corrected chi connectivity index (χ2v) is 12.8. The minimum absolute atomic E-state index is 0.309. The molecule has 6 rings (SSSR count). The summed E-state index contributed by atoms with van der Waals surface area (Å²) in [6, 6.07) is 4.71. The lowest BCUT2D eigenvalue weighted by Gasteiger charge is -2.54. The summed E-state index contributed by atoms with van der Waals surface area (Å²) in [6.45, 7) is 6.92. The van der Waals surface area contributed by atoms with Crippen molar-refractivity contribution in [3.63, 3.8) is 0 Å². The molecule has 0 aromatic carbocycles. The lowest BCUT2D eigenvalue weighted by molar-refractivity contribution is -0.117. The fourth-order valence-electron chi connectivity index (χ4n) is 5.19. The molecule has 2 fully saturated rings. The highest BCUT2D eigenvalue weighted by molar-refractivity contribution is 8.00. The van der Waals surface area contributed by atoms with Crippen molar-refractivity contribution >= 4 is 45.0 Å². The van der Waals surface area contributed by atoms with Gasteiger partial charge >= 0.3 is 0 Å². The first-order chi connectivity index (χ1) is 18.3. The molecule has 0 bridgehead atoms.